The molecule has 0 atom stereocenters. The third kappa shape index (κ3) is 1.84. The summed E-state index contributed by atoms with van der Waals surface area (Å²) in [5.74, 6) is 0.194. The van der Waals surface area contributed by atoms with Crippen LogP contribution in [0.4, 0.5) is 0 Å². The van der Waals surface area contributed by atoms with Crippen LogP contribution in [0.5, 0.6) is 5.75 Å². The number of rotatable bonds is 2. The minimum absolute atomic E-state index is 0.194. The van der Waals surface area contributed by atoms with Gasteiger partial charge in [-0.1, -0.05) is 22.0 Å². The third-order valence-corrected chi connectivity index (χ3v) is 2.12. The van der Waals surface area contributed by atoms with E-state index in [0.717, 1.165) is 10.0 Å². The molecule has 0 spiro atoms. The summed E-state index contributed by atoms with van der Waals surface area (Å²) in [6.45, 7) is 3.59. The molecule has 0 heterocycles. The zero-order valence-electron chi connectivity index (χ0n) is 5.97. The van der Waals surface area contributed by atoms with E-state index in [1.807, 2.05) is 6.07 Å². The van der Waals surface area contributed by atoms with Crippen molar-refractivity contribution in [1.82, 2.24) is 0 Å². The summed E-state index contributed by atoms with van der Waals surface area (Å²) in [7, 11) is 0. The Balaban J connectivity index is 3.09. The Labute approximate surface area is 74.5 Å². The molecular formula is C9H8BrO. The van der Waals surface area contributed by atoms with E-state index >= 15 is 0 Å². The Morgan fingerprint density at radius 1 is 1.73 bits per heavy atom. The maximum atomic E-state index is 9.29. The molecule has 1 nitrogen and oxygen atoms in total. The highest BCUT2D eigenvalue weighted by Gasteiger charge is 2.02. The summed E-state index contributed by atoms with van der Waals surface area (Å²) >= 11 is 3.32. The van der Waals surface area contributed by atoms with Gasteiger partial charge in [0.2, 0.25) is 0 Å². The first-order valence-electron chi connectivity index (χ1n) is 3.24. The molecule has 1 rings (SSSR count). The van der Waals surface area contributed by atoms with Gasteiger partial charge >= 0.3 is 0 Å². The molecule has 0 amide bonds. The van der Waals surface area contributed by atoms with E-state index in [1.54, 1.807) is 12.1 Å². The van der Waals surface area contributed by atoms with Crippen molar-refractivity contribution in [3.63, 3.8) is 0 Å². The van der Waals surface area contributed by atoms with Gasteiger partial charge < -0.3 is 5.11 Å². The van der Waals surface area contributed by atoms with E-state index in [4.69, 9.17) is 0 Å². The van der Waals surface area contributed by atoms with Crippen molar-refractivity contribution in [2.45, 2.75) is 6.42 Å². The average Bonchev–Trinajstić information content (AvgIpc) is 1.97. The number of phenols is 1. The summed E-state index contributed by atoms with van der Waals surface area (Å²) in [4.78, 5) is 0. The molecule has 57 valence electrons. The second kappa shape index (κ2) is 3.58. The van der Waals surface area contributed by atoms with Gasteiger partial charge in [-0.3, -0.25) is 0 Å². The summed E-state index contributed by atoms with van der Waals surface area (Å²) in [6, 6.07) is 6.22. The number of hydrogen-bond acceptors (Lipinski definition) is 1. The average molecular weight is 212 g/mol. The topological polar surface area (TPSA) is 20.2 Å². The first-order chi connectivity index (χ1) is 5.25. The highest BCUT2D eigenvalue weighted by molar-refractivity contribution is 9.10. The van der Waals surface area contributed by atoms with Crippen molar-refractivity contribution in [3.8, 4) is 5.75 Å². The molecule has 0 saturated carbocycles. The van der Waals surface area contributed by atoms with Crippen molar-refractivity contribution >= 4 is 15.9 Å². The molecule has 0 fully saturated rings. The molecule has 0 aromatic heterocycles. The highest BCUT2D eigenvalue weighted by atomic mass is 79.9. The smallest absolute Gasteiger partial charge is 0.128 e. The summed E-state index contributed by atoms with van der Waals surface area (Å²) in [5.41, 5.74) is 0.836. The predicted molar refractivity (Wildman–Crippen MR) is 48.5 cm³/mol. The largest absolute Gasteiger partial charge is 0.507 e. The van der Waals surface area contributed by atoms with E-state index < -0.39 is 0 Å². The molecule has 0 aliphatic rings. The summed E-state index contributed by atoms with van der Waals surface area (Å²) < 4.78 is 0.897. The van der Waals surface area contributed by atoms with Gasteiger partial charge in [-0.05, 0) is 18.6 Å². The molecule has 1 radical (unpaired) electrons. The Morgan fingerprint density at radius 3 is 3.00 bits per heavy atom. The fraction of sp³-hybridized carbons (Fsp3) is 0.111. The number of halogens is 1. The lowest BCUT2D eigenvalue weighted by molar-refractivity contribution is 0.468. The van der Waals surface area contributed by atoms with Crippen LogP contribution >= 0.6 is 15.9 Å². The highest BCUT2D eigenvalue weighted by Crippen LogP contribution is 2.25. The van der Waals surface area contributed by atoms with Crippen molar-refractivity contribution in [2.24, 2.45) is 0 Å². The third-order valence-electron chi connectivity index (χ3n) is 1.37. The summed E-state index contributed by atoms with van der Waals surface area (Å²) in [6.07, 6.45) is 2.40. The number of benzene rings is 1. The lowest BCUT2D eigenvalue weighted by Gasteiger charge is -2.02. The molecule has 0 bridgehead atoms. The molecule has 11 heavy (non-hydrogen) atoms. The van der Waals surface area contributed by atoms with Crippen LogP contribution in [0.1, 0.15) is 5.56 Å². The van der Waals surface area contributed by atoms with Crippen LogP contribution in [0.25, 0.3) is 0 Å². The van der Waals surface area contributed by atoms with Gasteiger partial charge in [0.05, 0.1) is 0 Å². The zero-order chi connectivity index (χ0) is 8.27. The van der Waals surface area contributed by atoms with Crippen LogP contribution in [-0.2, 0) is 6.42 Å². The fourth-order valence-corrected chi connectivity index (χ4v) is 1.31. The maximum Gasteiger partial charge on any atom is 0.128 e. The van der Waals surface area contributed by atoms with Crippen LogP contribution in [0, 0.1) is 6.07 Å². The monoisotopic (exact) mass is 211 g/mol. The lowest BCUT2D eigenvalue weighted by atomic mass is 10.1. The Morgan fingerprint density at radius 2 is 2.45 bits per heavy atom. The van der Waals surface area contributed by atoms with Crippen LogP contribution in [0.15, 0.2) is 29.3 Å². The number of hydrogen-bond donors (Lipinski definition) is 1. The van der Waals surface area contributed by atoms with Crippen LogP contribution < -0.4 is 0 Å². The lowest BCUT2D eigenvalue weighted by Crippen LogP contribution is -1.83. The molecule has 1 aromatic carbocycles. The molecule has 0 aliphatic heterocycles. The number of aromatic hydroxyl groups is 1. The van der Waals surface area contributed by atoms with Gasteiger partial charge in [-0.2, -0.15) is 0 Å². The zero-order valence-corrected chi connectivity index (χ0v) is 7.56. The Hall–Kier alpha value is -0.760. The van der Waals surface area contributed by atoms with Crippen molar-refractivity contribution < 1.29 is 5.11 Å². The van der Waals surface area contributed by atoms with E-state index in [9.17, 15) is 5.11 Å². The second-order valence-electron chi connectivity index (χ2n) is 2.15. The molecule has 2 heteroatoms. The first kappa shape index (κ1) is 8.34. The molecular weight excluding hydrogens is 204 g/mol. The minimum atomic E-state index is 0.194. The number of phenolic OH excluding ortho intramolecular Hbond substituents is 1. The second-order valence-corrected chi connectivity index (χ2v) is 3.00. The van der Waals surface area contributed by atoms with Crippen molar-refractivity contribution in [1.29, 1.82) is 0 Å². The Kier molecular flexibility index (Phi) is 2.71. The first-order valence-corrected chi connectivity index (χ1v) is 4.04. The molecule has 0 saturated heterocycles. The minimum Gasteiger partial charge on any atom is -0.507 e. The van der Waals surface area contributed by atoms with Gasteiger partial charge in [0.25, 0.3) is 0 Å². The van der Waals surface area contributed by atoms with Gasteiger partial charge in [-0.25, -0.2) is 0 Å². The Bertz CT molecular complexity index is 248. The molecule has 0 aliphatic carbocycles. The SMILES string of the molecule is C=CCc1c(O)[c]ccc1Br. The van der Waals surface area contributed by atoms with E-state index in [2.05, 4.69) is 28.6 Å². The quantitative estimate of drug-likeness (QED) is 0.747. The van der Waals surface area contributed by atoms with Crippen LogP contribution in [-0.4, -0.2) is 5.11 Å². The molecule has 1 N–H and O–H groups in total. The molecule has 0 unspecified atom stereocenters. The van der Waals surface area contributed by atoms with E-state index in [0.29, 0.717) is 6.42 Å². The normalized spacial score (nSPS) is 9.55. The van der Waals surface area contributed by atoms with Crippen molar-refractivity contribution in [3.05, 3.63) is 40.9 Å². The standard InChI is InChI=1S/C9H8BrO/c1-2-4-7-8(10)5-3-6-9(7)11/h2-3,5,11H,1,4H2. The number of allylic oxidation sites excluding steroid dienone is 1. The predicted octanol–water partition coefficient (Wildman–Crippen LogP) is 2.68. The van der Waals surface area contributed by atoms with E-state index in [1.165, 1.54) is 0 Å². The van der Waals surface area contributed by atoms with E-state index in [-0.39, 0.29) is 5.75 Å². The van der Waals surface area contributed by atoms with Gasteiger partial charge in [-0.15, -0.1) is 6.58 Å². The van der Waals surface area contributed by atoms with Gasteiger partial charge in [0, 0.05) is 16.1 Å². The molecule has 1 aromatic rings. The van der Waals surface area contributed by atoms with Crippen molar-refractivity contribution in [2.75, 3.05) is 0 Å². The van der Waals surface area contributed by atoms with Gasteiger partial charge in [0.1, 0.15) is 5.75 Å². The van der Waals surface area contributed by atoms with Crippen LogP contribution in [0.3, 0.4) is 0 Å². The summed E-state index contributed by atoms with van der Waals surface area (Å²) in [5, 5.41) is 9.29. The van der Waals surface area contributed by atoms with Gasteiger partial charge in [0.15, 0.2) is 0 Å². The van der Waals surface area contributed by atoms with Crippen LogP contribution in [0.2, 0.25) is 0 Å². The fourth-order valence-electron chi connectivity index (χ4n) is 0.833. The maximum absolute atomic E-state index is 9.29.